The highest BCUT2D eigenvalue weighted by Crippen LogP contribution is 2.68. The number of hydrogen-bond donors (Lipinski definition) is 6. The number of aliphatic hydroxyl groups excluding tert-OH is 3. The molecule has 200 valence electrons. The molecule has 0 aromatic rings. The Bertz CT molecular complexity index is 811. The van der Waals surface area contributed by atoms with E-state index < -0.39 is 24.2 Å². The summed E-state index contributed by atoms with van der Waals surface area (Å²) < 4.78 is 0. The molecule has 4 aliphatic rings. The molecule has 0 aromatic carbocycles. The Labute approximate surface area is 214 Å². The summed E-state index contributed by atoms with van der Waals surface area (Å²) in [6.45, 7) is 6.86. The summed E-state index contributed by atoms with van der Waals surface area (Å²) in [4.78, 5) is 23.6. The van der Waals surface area contributed by atoms with E-state index in [0.717, 1.165) is 38.5 Å². The zero-order chi connectivity index (χ0) is 25.7. The number of nitrogens with one attached hydrogen (secondary N) is 1. The number of carboxylic acids is 1. The van der Waals surface area contributed by atoms with Gasteiger partial charge in [-0.25, -0.2) is 4.79 Å². The van der Waals surface area contributed by atoms with Crippen LogP contribution in [0.5, 0.6) is 0 Å². The van der Waals surface area contributed by atoms with Gasteiger partial charge in [-0.2, -0.15) is 12.6 Å². The summed E-state index contributed by atoms with van der Waals surface area (Å²) >= 11 is 4.02. The van der Waals surface area contributed by atoms with Crippen molar-refractivity contribution >= 4 is 24.5 Å². The predicted octanol–water partition coefficient (Wildman–Crippen LogP) is 2.86. The minimum Gasteiger partial charge on any atom is -0.480 e. The van der Waals surface area contributed by atoms with Crippen molar-refractivity contribution in [1.82, 2.24) is 5.32 Å². The molecule has 35 heavy (non-hydrogen) atoms. The Morgan fingerprint density at radius 2 is 1.63 bits per heavy atom. The van der Waals surface area contributed by atoms with Gasteiger partial charge in [0.15, 0.2) is 0 Å². The van der Waals surface area contributed by atoms with E-state index in [0.29, 0.717) is 42.9 Å². The Kier molecular flexibility index (Phi) is 7.89. The van der Waals surface area contributed by atoms with Gasteiger partial charge in [-0.15, -0.1) is 0 Å². The molecule has 8 heteroatoms. The average molecular weight is 512 g/mol. The number of fused-ring (bicyclic) bond motifs is 5. The average Bonchev–Trinajstić information content (AvgIpc) is 3.17. The topological polar surface area (TPSA) is 127 Å². The molecule has 0 unspecified atom stereocenters. The second-order valence-corrected chi connectivity index (χ2v) is 13.1. The van der Waals surface area contributed by atoms with Crippen LogP contribution >= 0.6 is 12.6 Å². The van der Waals surface area contributed by atoms with E-state index in [4.69, 9.17) is 5.11 Å². The van der Waals surface area contributed by atoms with Crippen molar-refractivity contribution in [2.45, 2.75) is 103 Å². The lowest BCUT2D eigenvalue weighted by molar-refractivity contribution is -0.223. The molecule has 5 N–H and O–H groups in total. The first-order valence-electron chi connectivity index (χ1n) is 13.6. The Morgan fingerprint density at radius 1 is 0.971 bits per heavy atom. The van der Waals surface area contributed by atoms with Gasteiger partial charge in [-0.1, -0.05) is 20.8 Å². The third-order valence-electron chi connectivity index (χ3n) is 11.1. The number of aliphatic carboxylic acids is 1. The van der Waals surface area contributed by atoms with Gasteiger partial charge in [0.2, 0.25) is 5.91 Å². The molecule has 1 amide bonds. The second-order valence-electron chi connectivity index (χ2n) is 12.7. The SMILES string of the molecule is C[C@@H](CCC(=O)N[C@H](CS)C(=O)O)[C@H]1CC[C@H]2[C@@H]3[C@@H](O)[C@@H](O)[C@H]4C[C@@H](O)CC[C@@]4(C)[C@@H]3CC[C@]12C. The van der Waals surface area contributed by atoms with Gasteiger partial charge in [0.05, 0.1) is 18.3 Å². The first-order valence-corrected chi connectivity index (χ1v) is 14.2. The molecule has 0 aromatic heterocycles. The smallest absolute Gasteiger partial charge is 0.327 e. The molecule has 4 aliphatic carbocycles. The van der Waals surface area contributed by atoms with Crippen molar-refractivity contribution in [2.24, 2.45) is 46.3 Å². The van der Waals surface area contributed by atoms with Crippen molar-refractivity contribution in [1.29, 1.82) is 0 Å². The van der Waals surface area contributed by atoms with Crippen LogP contribution in [0, 0.1) is 46.3 Å². The van der Waals surface area contributed by atoms with E-state index in [1.54, 1.807) is 0 Å². The van der Waals surface area contributed by atoms with Crippen LogP contribution in [0.4, 0.5) is 0 Å². The largest absolute Gasteiger partial charge is 0.480 e. The molecule has 12 atom stereocenters. The van der Waals surface area contributed by atoms with Crippen molar-refractivity contribution < 1.29 is 30.0 Å². The van der Waals surface area contributed by atoms with Crippen LogP contribution < -0.4 is 5.32 Å². The first kappa shape index (κ1) is 27.2. The number of aliphatic hydroxyl groups is 3. The minimum absolute atomic E-state index is 0.0423. The van der Waals surface area contributed by atoms with E-state index in [2.05, 4.69) is 38.7 Å². The molecular weight excluding hydrogens is 466 g/mol. The fourth-order valence-corrected chi connectivity index (χ4v) is 9.47. The van der Waals surface area contributed by atoms with E-state index in [-0.39, 0.29) is 40.4 Å². The van der Waals surface area contributed by atoms with Crippen LogP contribution in [-0.4, -0.2) is 62.4 Å². The third-order valence-corrected chi connectivity index (χ3v) is 11.5. The van der Waals surface area contributed by atoms with Crippen LogP contribution in [0.2, 0.25) is 0 Å². The molecule has 4 fully saturated rings. The van der Waals surface area contributed by atoms with Gasteiger partial charge in [0, 0.05) is 12.2 Å². The number of hydrogen-bond acceptors (Lipinski definition) is 6. The quantitative estimate of drug-likeness (QED) is 0.292. The monoisotopic (exact) mass is 511 g/mol. The lowest BCUT2D eigenvalue weighted by atomic mass is 9.43. The molecule has 0 spiro atoms. The maximum Gasteiger partial charge on any atom is 0.327 e. The standard InChI is InChI=1S/C27H45NO6S/c1-14(4-7-21(30)28-20(13-35)25(33)34)16-5-6-17-22-18(9-11-26(16,17)2)27(3)10-8-15(29)12-19(27)23(31)24(22)32/h14-20,22-24,29,31-32,35H,4-13H2,1-3H3,(H,28,30)(H,33,34)/t14-,15-,16+,17-,18+,19+,20+,22-,23-,24+,26+,27-/m0/s1. The van der Waals surface area contributed by atoms with E-state index >= 15 is 0 Å². The summed E-state index contributed by atoms with van der Waals surface area (Å²) in [6, 6.07) is -0.963. The van der Waals surface area contributed by atoms with Gasteiger partial charge in [0.1, 0.15) is 6.04 Å². The molecular formula is C27H45NO6S. The van der Waals surface area contributed by atoms with Crippen LogP contribution in [-0.2, 0) is 9.59 Å². The molecule has 0 bridgehead atoms. The van der Waals surface area contributed by atoms with E-state index in [1.807, 2.05) is 0 Å². The summed E-state index contributed by atoms with van der Waals surface area (Å²) in [5, 5.41) is 44.6. The van der Waals surface area contributed by atoms with E-state index in [9.17, 15) is 24.9 Å². The number of carbonyl (C=O) groups excluding carboxylic acids is 1. The minimum atomic E-state index is -1.07. The Balaban J connectivity index is 1.45. The third kappa shape index (κ3) is 4.66. The first-order chi connectivity index (χ1) is 16.4. The molecule has 0 saturated heterocycles. The molecule has 0 aliphatic heterocycles. The highest BCUT2D eigenvalue weighted by atomic mass is 32.1. The van der Waals surface area contributed by atoms with Crippen molar-refractivity contribution in [3.8, 4) is 0 Å². The number of thiol groups is 1. The van der Waals surface area contributed by atoms with Gasteiger partial charge in [-0.05, 0) is 97.7 Å². The predicted molar refractivity (Wildman–Crippen MR) is 136 cm³/mol. The number of carboxylic acid groups (broad SMARTS) is 1. The lowest BCUT2D eigenvalue weighted by Crippen LogP contribution is -2.64. The fraction of sp³-hybridized carbons (Fsp3) is 0.926. The van der Waals surface area contributed by atoms with Gasteiger partial charge in [0.25, 0.3) is 0 Å². The zero-order valence-electron chi connectivity index (χ0n) is 21.4. The lowest BCUT2D eigenvalue weighted by Gasteiger charge is -2.63. The summed E-state index contributed by atoms with van der Waals surface area (Å²) in [5.41, 5.74) is 0.0170. The highest BCUT2D eigenvalue weighted by molar-refractivity contribution is 7.80. The van der Waals surface area contributed by atoms with Crippen LogP contribution in [0.1, 0.15) is 78.6 Å². The normalized spacial score (nSPS) is 46.6. The highest BCUT2D eigenvalue weighted by Gasteiger charge is 2.65. The molecule has 0 radical (unpaired) electrons. The van der Waals surface area contributed by atoms with Gasteiger partial charge < -0.3 is 25.7 Å². The summed E-state index contributed by atoms with van der Waals surface area (Å²) in [5.74, 6) is 0.236. The van der Waals surface area contributed by atoms with Crippen molar-refractivity contribution in [3.05, 3.63) is 0 Å². The Hall–Kier alpha value is -0.830. The fourth-order valence-electron chi connectivity index (χ4n) is 9.23. The van der Waals surface area contributed by atoms with Crippen molar-refractivity contribution in [3.63, 3.8) is 0 Å². The molecule has 0 heterocycles. The van der Waals surface area contributed by atoms with Gasteiger partial charge >= 0.3 is 5.97 Å². The summed E-state index contributed by atoms with van der Waals surface area (Å²) in [7, 11) is 0. The van der Waals surface area contributed by atoms with Crippen LogP contribution in [0.25, 0.3) is 0 Å². The zero-order valence-corrected chi connectivity index (χ0v) is 22.3. The number of rotatable bonds is 7. The second kappa shape index (κ2) is 10.1. The van der Waals surface area contributed by atoms with Crippen LogP contribution in [0.3, 0.4) is 0 Å². The van der Waals surface area contributed by atoms with Crippen LogP contribution in [0.15, 0.2) is 0 Å². The van der Waals surface area contributed by atoms with Gasteiger partial charge in [-0.3, -0.25) is 4.79 Å². The maximum absolute atomic E-state index is 12.4. The molecule has 7 nitrogen and oxygen atoms in total. The Morgan fingerprint density at radius 3 is 2.29 bits per heavy atom. The summed E-state index contributed by atoms with van der Waals surface area (Å²) in [6.07, 6.45) is 5.57. The maximum atomic E-state index is 12.4. The van der Waals surface area contributed by atoms with E-state index in [1.165, 1.54) is 0 Å². The number of amides is 1. The van der Waals surface area contributed by atoms with Crippen molar-refractivity contribution in [2.75, 3.05) is 5.75 Å². The molecule has 4 saturated carbocycles. The number of carbonyl (C=O) groups is 2. The molecule has 4 rings (SSSR count).